The average molecular weight is 403 g/mol. The van der Waals surface area contributed by atoms with Crippen LogP contribution < -0.4 is 20.1 Å². The SMILES string of the molecule is COc1ccc(NC(=O)NCCc2cccc(Cl)c2)cc1OCC(F)(F)F. The van der Waals surface area contributed by atoms with Crippen molar-refractivity contribution in [2.45, 2.75) is 12.6 Å². The third-order valence-corrected chi connectivity index (χ3v) is 3.64. The fraction of sp³-hybridized carbons (Fsp3) is 0.278. The zero-order valence-electron chi connectivity index (χ0n) is 14.4. The second-order valence-electron chi connectivity index (χ2n) is 5.53. The van der Waals surface area contributed by atoms with Gasteiger partial charge in [-0.3, -0.25) is 0 Å². The van der Waals surface area contributed by atoms with Crippen LogP contribution in [0.15, 0.2) is 42.5 Å². The third-order valence-electron chi connectivity index (χ3n) is 3.40. The van der Waals surface area contributed by atoms with E-state index in [4.69, 9.17) is 21.1 Å². The zero-order chi connectivity index (χ0) is 19.9. The minimum atomic E-state index is -4.48. The zero-order valence-corrected chi connectivity index (χ0v) is 15.2. The largest absolute Gasteiger partial charge is 0.493 e. The van der Waals surface area contributed by atoms with Crippen LogP contribution in [-0.4, -0.2) is 32.5 Å². The second-order valence-corrected chi connectivity index (χ2v) is 5.97. The molecule has 0 atom stereocenters. The van der Waals surface area contributed by atoms with E-state index in [0.29, 0.717) is 18.0 Å². The van der Waals surface area contributed by atoms with Gasteiger partial charge in [-0.25, -0.2) is 4.79 Å². The van der Waals surface area contributed by atoms with E-state index in [1.54, 1.807) is 12.1 Å². The highest BCUT2D eigenvalue weighted by Gasteiger charge is 2.29. The first kappa shape index (κ1) is 20.7. The summed E-state index contributed by atoms with van der Waals surface area (Å²) in [6.07, 6.45) is -3.90. The van der Waals surface area contributed by atoms with E-state index in [-0.39, 0.29) is 17.2 Å². The van der Waals surface area contributed by atoms with Crippen molar-refractivity contribution in [1.29, 1.82) is 0 Å². The lowest BCUT2D eigenvalue weighted by Gasteiger charge is -2.14. The maximum Gasteiger partial charge on any atom is 0.422 e. The lowest BCUT2D eigenvalue weighted by atomic mass is 10.1. The summed E-state index contributed by atoms with van der Waals surface area (Å²) in [5, 5.41) is 5.81. The number of ether oxygens (including phenoxy) is 2. The molecule has 0 aliphatic carbocycles. The Morgan fingerprint density at radius 3 is 2.59 bits per heavy atom. The van der Waals surface area contributed by atoms with Crippen LogP contribution in [0.5, 0.6) is 11.5 Å². The number of rotatable bonds is 7. The number of halogens is 4. The van der Waals surface area contributed by atoms with Crippen molar-refractivity contribution in [1.82, 2.24) is 5.32 Å². The lowest BCUT2D eigenvalue weighted by molar-refractivity contribution is -0.153. The van der Waals surface area contributed by atoms with Crippen LogP contribution in [0, 0.1) is 0 Å². The van der Waals surface area contributed by atoms with Crippen LogP contribution in [0.1, 0.15) is 5.56 Å². The number of nitrogens with one attached hydrogen (secondary N) is 2. The maximum absolute atomic E-state index is 12.3. The third kappa shape index (κ3) is 7.26. The number of hydrogen-bond acceptors (Lipinski definition) is 3. The Morgan fingerprint density at radius 1 is 1.15 bits per heavy atom. The number of methoxy groups -OCH3 is 1. The summed E-state index contributed by atoms with van der Waals surface area (Å²) >= 11 is 5.89. The van der Waals surface area contributed by atoms with Gasteiger partial charge in [0.15, 0.2) is 18.1 Å². The Kier molecular flexibility index (Phi) is 7.18. The number of anilines is 1. The van der Waals surface area contributed by atoms with Gasteiger partial charge < -0.3 is 20.1 Å². The Morgan fingerprint density at radius 2 is 1.93 bits per heavy atom. The molecule has 2 rings (SSSR count). The van der Waals surface area contributed by atoms with Crippen LogP contribution in [-0.2, 0) is 6.42 Å². The maximum atomic E-state index is 12.3. The summed E-state index contributed by atoms with van der Waals surface area (Å²) in [7, 11) is 1.31. The molecule has 0 spiro atoms. The van der Waals surface area contributed by atoms with Gasteiger partial charge in [0.1, 0.15) is 0 Å². The van der Waals surface area contributed by atoms with Crippen molar-refractivity contribution >= 4 is 23.3 Å². The molecule has 2 aromatic carbocycles. The summed E-state index contributed by atoms with van der Waals surface area (Å²) in [6, 6.07) is 10.9. The molecule has 2 N–H and O–H groups in total. The predicted molar refractivity (Wildman–Crippen MR) is 96.7 cm³/mol. The normalized spacial score (nSPS) is 11.0. The molecule has 0 saturated heterocycles. The van der Waals surface area contributed by atoms with E-state index in [9.17, 15) is 18.0 Å². The molecule has 0 saturated carbocycles. The minimum absolute atomic E-state index is 0.119. The Hall–Kier alpha value is -2.61. The number of benzene rings is 2. The highest BCUT2D eigenvalue weighted by Crippen LogP contribution is 2.31. The molecule has 0 aliphatic heterocycles. The van der Waals surface area contributed by atoms with Crippen molar-refractivity contribution in [3.63, 3.8) is 0 Å². The topological polar surface area (TPSA) is 59.6 Å². The molecule has 146 valence electrons. The van der Waals surface area contributed by atoms with Crippen LogP contribution in [0.2, 0.25) is 5.02 Å². The Bertz CT molecular complexity index is 785. The number of carbonyl (C=O) groups is 1. The van der Waals surface area contributed by atoms with Crippen LogP contribution >= 0.6 is 11.6 Å². The predicted octanol–water partition coefficient (Wildman–Crippen LogP) is 4.65. The molecule has 0 aromatic heterocycles. The van der Waals surface area contributed by atoms with Crippen LogP contribution in [0.4, 0.5) is 23.7 Å². The van der Waals surface area contributed by atoms with Gasteiger partial charge in [-0.05, 0) is 36.2 Å². The molecule has 2 aromatic rings. The quantitative estimate of drug-likeness (QED) is 0.708. The molecular formula is C18H18ClF3N2O3. The number of amides is 2. The van der Waals surface area contributed by atoms with Crippen molar-refractivity contribution < 1.29 is 27.4 Å². The van der Waals surface area contributed by atoms with Gasteiger partial charge in [0.2, 0.25) is 0 Å². The van der Waals surface area contributed by atoms with E-state index in [2.05, 4.69) is 10.6 Å². The molecule has 2 amide bonds. The average Bonchev–Trinajstić information content (AvgIpc) is 2.59. The van der Waals surface area contributed by atoms with E-state index in [1.807, 2.05) is 12.1 Å². The highest BCUT2D eigenvalue weighted by atomic mass is 35.5. The smallest absolute Gasteiger partial charge is 0.422 e. The molecule has 0 bridgehead atoms. The molecule has 5 nitrogen and oxygen atoms in total. The van der Waals surface area contributed by atoms with Gasteiger partial charge in [0.05, 0.1) is 7.11 Å². The molecule has 9 heteroatoms. The standard InChI is InChI=1S/C18H18ClF3N2O3/c1-26-15-6-5-14(10-16(15)27-11-18(20,21)22)24-17(25)23-8-7-12-3-2-4-13(19)9-12/h2-6,9-10H,7-8,11H2,1H3,(H2,23,24,25). The van der Waals surface area contributed by atoms with Gasteiger partial charge in [0.25, 0.3) is 0 Å². The van der Waals surface area contributed by atoms with Gasteiger partial charge in [0, 0.05) is 23.3 Å². The van der Waals surface area contributed by atoms with Gasteiger partial charge in [-0.2, -0.15) is 13.2 Å². The summed E-state index contributed by atoms with van der Waals surface area (Å²) in [4.78, 5) is 12.0. The molecule has 0 aliphatic rings. The fourth-order valence-corrected chi connectivity index (χ4v) is 2.43. The lowest BCUT2D eigenvalue weighted by Crippen LogP contribution is -2.30. The van der Waals surface area contributed by atoms with E-state index in [1.165, 1.54) is 25.3 Å². The molecule has 0 heterocycles. The number of alkyl halides is 3. The summed E-state index contributed by atoms with van der Waals surface area (Å²) in [5.41, 5.74) is 1.24. The van der Waals surface area contributed by atoms with E-state index in [0.717, 1.165) is 5.56 Å². The first-order valence-electron chi connectivity index (χ1n) is 7.94. The van der Waals surface area contributed by atoms with Crippen molar-refractivity contribution in [2.75, 3.05) is 25.6 Å². The monoisotopic (exact) mass is 402 g/mol. The number of carbonyl (C=O) groups excluding carboxylic acids is 1. The summed E-state index contributed by atoms with van der Waals surface area (Å²) < 4.78 is 46.7. The van der Waals surface area contributed by atoms with Gasteiger partial charge >= 0.3 is 12.2 Å². The first-order valence-corrected chi connectivity index (χ1v) is 8.31. The Labute approximate surface area is 159 Å². The molecule has 0 radical (unpaired) electrons. The van der Waals surface area contributed by atoms with Crippen LogP contribution in [0.25, 0.3) is 0 Å². The highest BCUT2D eigenvalue weighted by molar-refractivity contribution is 6.30. The molecule has 0 unspecified atom stereocenters. The van der Waals surface area contributed by atoms with Gasteiger partial charge in [-0.1, -0.05) is 23.7 Å². The molecular weight excluding hydrogens is 385 g/mol. The minimum Gasteiger partial charge on any atom is -0.493 e. The van der Waals surface area contributed by atoms with Crippen LogP contribution in [0.3, 0.4) is 0 Å². The molecule has 0 fully saturated rings. The van der Waals surface area contributed by atoms with Crippen molar-refractivity contribution in [2.24, 2.45) is 0 Å². The second kappa shape index (κ2) is 9.36. The van der Waals surface area contributed by atoms with E-state index < -0.39 is 18.8 Å². The van der Waals surface area contributed by atoms with Crippen molar-refractivity contribution in [3.8, 4) is 11.5 Å². The van der Waals surface area contributed by atoms with Gasteiger partial charge in [-0.15, -0.1) is 0 Å². The van der Waals surface area contributed by atoms with E-state index >= 15 is 0 Å². The number of hydrogen-bond donors (Lipinski definition) is 2. The fourth-order valence-electron chi connectivity index (χ4n) is 2.21. The number of urea groups is 1. The molecule has 27 heavy (non-hydrogen) atoms. The van der Waals surface area contributed by atoms with Crippen molar-refractivity contribution in [3.05, 3.63) is 53.1 Å². The summed E-state index contributed by atoms with van der Waals surface area (Å²) in [6.45, 7) is -1.10. The summed E-state index contributed by atoms with van der Waals surface area (Å²) in [5.74, 6) is 0.0118. The first-order chi connectivity index (χ1) is 12.8. The Balaban J connectivity index is 1.90.